The molecule has 2 aromatic carbocycles. The minimum absolute atomic E-state index is 0.251. The Kier molecular flexibility index (Phi) is 5.56. The average molecular weight is 400 g/mol. The molecule has 0 amide bonds. The molecule has 0 aliphatic carbocycles. The van der Waals surface area contributed by atoms with E-state index in [-0.39, 0.29) is 11.3 Å². The summed E-state index contributed by atoms with van der Waals surface area (Å²) in [6.45, 7) is 3.29. The fraction of sp³-hybridized carbons (Fsp3) is 0.100. The van der Waals surface area contributed by atoms with Crippen molar-refractivity contribution in [3.63, 3.8) is 0 Å². The molecule has 0 atom stereocenters. The van der Waals surface area contributed by atoms with Crippen LogP contribution in [0.4, 0.5) is 0 Å². The fourth-order valence-electron chi connectivity index (χ4n) is 2.64. The van der Waals surface area contributed by atoms with E-state index in [1.165, 1.54) is 11.8 Å². The van der Waals surface area contributed by atoms with Crippen molar-refractivity contribution in [3.05, 3.63) is 74.0 Å². The molecule has 0 unspecified atom stereocenters. The lowest BCUT2D eigenvalue weighted by molar-refractivity contribution is -0.307. The van der Waals surface area contributed by atoms with Gasteiger partial charge in [0.15, 0.2) is 11.5 Å². The summed E-state index contributed by atoms with van der Waals surface area (Å²) in [5.41, 5.74) is 0.849. The van der Waals surface area contributed by atoms with E-state index in [2.05, 4.69) is 11.7 Å². The van der Waals surface area contributed by atoms with Crippen LogP contribution in [0.15, 0.2) is 47.3 Å². The Balaban J connectivity index is 2.05. The molecule has 3 rings (SSSR count). The lowest BCUT2D eigenvalue weighted by atomic mass is 10.1. The second kappa shape index (κ2) is 8.06. The molecule has 8 heteroatoms. The quantitative estimate of drug-likeness (QED) is 0.638. The van der Waals surface area contributed by atoms with E-state index < -0.39 is 12.6 Å². The molecule has 1 N–H and O–H groups in total. The maximum atomic E-state index is 12.8. The van der Waals surface area contributed by atoms with E-state index in [9.17, 15) is 14.7 Å². The molecule has 28 heavy (non-hydrogen) atoms. The number of H-pyrrole nitrogens is 1. The summed E-state index contributed by atoms with van der Waals surface area (Å²) in [4.78, 5) is 23.4. The molecule has 144 valence electrons. The van der Waals surface area contributed by atoms with Crippen molar-refractivity contribution in [2.24, 2.45) is 0 Å². The largest absolute Gasteiger partial charge is 0.546 e. The zero-order chi connectivity index (χ0) is 20.3. The fourth-order valence-corrected chi connectivity index (χ4v) is 2.86. The van der Waals surface area contributed by atoms with Gasteiger partial charge in [-0.25, -0.2) is 4.68 Å². The number of carbonyl (C=O) groups is 1. The summed E-state index contributed by atoms with van der Waals surface area (Å²) < 4.78 is 11.7. The lowest BCUT2D eigenvalue weighted by Gasteiger charge is -2.11. The first kappa shape index (κ1) is 19.3. The van der Waals surface area contributed by atoms with Gasteiger partial charge in [-0.2, -0.15) is 0 Å². The van der Waals surface area contributed by atoms with Crippen LogP contribution in [-0.2, 0) is 4.79 Å². The highest BCUT2D eigenvalue weighted by Gasteiger charge is 2.09. The number of aromatic amines is 1. The van der Waals surface area contributed by atoms with Crippen LogP contribution in [0, 0.1) is 0 Å². The zero-order valence-electron chi connectivity index (χ0n) is 14.9. The van der Waals surface area contributed by atoms with Gasteiger partial charge >= 0.3 is 0 Å². The van der Waals surface area contributed by atoms with Crippen molar-refractivity contribution in [1.29, 1.82) is 0 Å². The summed E-state index contributed by atoms with van der Waals surface area (Å²) in [7, 11) is 1.43. The number of hydrogen-bond donors (Lipinski definition) is 1. The van der Waals surface area contributed by atoms with Crippen molar-refractivity contribution in [3.8, 4) is 17.2 Å². The molecule has 3 aromatic rings. The Morgan fingerprint density at radius 3 is 2.71 bits per heavy atom. The topological polar surface area (TPSA) is 96.4 Å². The maximum absolute atomic E-state index is 12.8. The molecule has 1 aromatic heterocycles. The van der Waals surface area contributed by atoms with Crippen LogP contribution in [0.5, 0.6) is 11.5 Å². The Morgan fingerprint density at radius 1 is 1.29 bits per heavy atom. The monoisotopic (exact) mass is 399 g/mol. The van der Waals surface area contributed by atoms with Crippen molar-refractivity contribution in [2.75, 3.05) is 13.7 Å². The number of benzene rings is 2. The van der Waals surface area contributed by atoms with E-state index in [0.29, 0.717) is 32.6 Å². The number of para-hydroxylation sites is 1. The third-order valence-corrected chi connectivity index (χ3v) is 4.26. The summed E-state index contributed by atoms with van der Waals surface area (Å²) in [6.07, 6.45) is 1.64. The molecule has 0 aliphatic rings. The average Bonchev–Trinajstić information content (AvgIpc) is 2.95. The smallest absolute Gasteiger partial charge is 0.279 e. The van der Waals surface area contributed by atoms with E-state index in [0.717, 1.165) is 0 Å². The van der Waals surface area contributed by atoms with Crippen molar-refractivity contribution in [1.82, 2.24) is 9.78 Å². The Bertz CT molecular complexity index is 1200. The van der Waals surface area contributed by atoms with Gasteiger partial charge < -0.3 is 19.4 Å². The predicted molar refractivity (Wildman–Crippen MR) is 103 cm³/mol. The van der Waals surface area contributed by atoms with Crippen LogP contribution in [-0.4, -0.2) is 29.5 Å². The summed E-state index contributed by atoms with van der Waals surface area (Å²) in [5.74, 6) is -0.768. The Labute approximate surface area is 164 Å². The minimum atomic E-state index is -1.34. The van der Waals surface area contributed by atoms with Crippen LogP contribution in [0.25, 0.3) is 18.3 Å². The first-order chi connectivity index (χ1) is 13.4. The molecule has 0 bridgehead atoms. The summed E-state index contributed by atoms with van der Waals surface area (Å²) in [6, 6.07) is 11.8. The van der Waals surface area contributed by atoms with Gasteiger partial charge in [0.1, 0.15) is 6.61 Å². The number of carboxylic acid groups (broad SMARTS) is 1. The van der Waals surface area contributed by atoms with E-state index in [1.54, 1.807) is 48.5 Å². The van der Waals surface area contributed by atoms with Gasteiger partial charge in [-0.3, -0.25) is 9.89 Å². The Hall–Kier alpha value is -3.45. The number of methoxy groups -OCH3 is 1. The van der Waals surface area contributed by atoms with Crippen molar-refractivity contribution >= 4 is 30.2 Å². The number of halogens is 1. The highest BCUT2D eigenvalue weighted by Crippen LogP contribution is 2.28. The molecule has 0 aliphatic heterocycles. The predicted octanol–water partition coefficient (Wildman–Crippen LogP) is 0.195. The van der Waals surface area contributed by atoms with Gasteiger partial charge in [0.05, 0.1) is 34.4 Å². The molecular weight excluding hydrogens is 384 g/mol. The third kappa shape index (κ3) is 3.94. The van der Waals surface area contributed by atoms with Gasteiger partial charge in [0.2, 0.25) is 0 Å². The van der Waals surface area contributed by atoms with Crippen LogP contribution in [0.3, 0.4) is 0 Å². The van der Waals surface area contributed by atoms with E-state index in [4.69, 9.17) is 21.1 Å². The number of carboxylic acids is 1. The number of rotatable bonds is 6. The molecule has 0 saturated carbocycles. The van der Waals surface area contributed by atoms with Gasteiger partial charge in [-0.15, -0.1) is 0 Å². The number of nitrogens with zero attached hydrogens (tertiary/aromatic N) is 1. The Morgan fingerprint density at radius 2 is 2.04 bits per heavy atom. The second-order valence-electron chi connectivity index (χ2n) is 5.81. The maximum Gasteiger partial charge on any atom is 0.279 e. The number of ether oxygens (including phenoxy) is 2. The van der Waals surface area contributed by atoms with Crippen LogP contribution < -0.4 is 30.7 Å². The second-order valence-corrected chi connectivity index (χ2v) is 6.22. The molecule has 0 fully saturated rings. The number of aromatic nitrogens is 2. The molecule has 0 spiro atoms. The normalized spacial score (nSPS) is 11.4. The summed E-state index contributed by atoms with van der Waals surface area (Å²) >= 11 is 6.17. The van der Waals surface area contributed by atoms with Gasteiger partial charge in [0.25, 0.3) is 5.56 Å². The molecule has 1 heterocycles. The zero-order valence-corrected chi connectivity index (χ0v) is 15.7. The molecule has 7 nitrogen and oxygen atoms in total. The van der Waals surface area contributed by atoms with Crippen LogP contribution in [0.1, 0.15) is 5.56 Å². The molecule has 0 radical (unpaired) electrons. The molecular formula is C20H16ClN2O5-. The van der Waals surface area contributed by atoms with Crippen LogP contribution >= 0.6 is 11.6 Å². The van der Waals surface area contributed by atoms with Crippen molar-refractivity contribution < 1.29 is 19.4 Å². The van der Waals surface area contributed by atoms with Crippen LogP contribution in [0.2, 0.25) is 5.02 Å². The van der Waals surface area contributed by atoms with E-state index in [1.807, 2.05) is 0 Å². The van der Waals surface area contributed by atoms with Gasteiger partial charge in [-0.05, 0) is 35.9 Å². The standard InChI is InChI=1S/C20H17ClN2O5/c1-12-14(20(26)23(22-12)16-6-4-3-5-15(16)21)9-13-7-8-17(18(10-13)27-2)28-11-19(24)25/h3-10,22H,1,11H2,2H3,(H,24,25)/p-1/b14-9+. The highest BCUT2D eigenvalue weighted by atomic mass is 35.5. The highest BCUT2D eigenvalue weighted by molar-refractivity contribution is 6.32. The first-order valence-corrected chi connectivity index (χ1v) is 8.56. The number of carbonyl (C=O) groups excluding carboxylic acids is 1. The lowest BCUT2D eigenvalue weighted by Crippen LogP contribution is -2.34. The molecule has 0 saturated heterocycles. The van der Waals surface area contributed by atoms with Crippen molar-refractivity contribution in [2.45, 2.75) is 0 Å². The SMILES string of the molecule is C=c1[nH]n(-c2ccccc2Cl)c(=O)/c1=C/c1ccc(OCC(=O)[O-])c(OC)c1. The number of aliphatic carboxylic acids is 1. The van der Waals surface area contributed by atoms with Gasteiger partial charge in [-0.1, -0.05) is 36.4 Å². The minimum Gasteiger partial charge on any atom is -0.546 e. The number of nitrogens with one attached hydrogen (secondary N) is 1. The first-order valence-electron chi connectivity index (χ1n) is 8.18. The van der Waals surface area contributed by atoms with Gasteiger partial charge in [0, 0.05) is 0 Å². The number of hydrogen-bond acceptors (Lipinski definition) is 5. The third-order valence-electron chi connectivity index (χ3n) is 3.94. The summed E-state index contributed by atoms with van der Waals surface area (Å²) in [5, 5.41) is 14.7. The van der Waals surface area contributed by atoms with E-state index >= 15 is 0 Å².